The Morgan fingerprint density at radius 2 is 1.74 bits per heavy atom. The Morgan fingerprint density at radius 1 is 1.11 bits per heavy atom. The first kappa shape index (κ1) is 13.9. The Bertz CT molecular complexity index is 591. The van der Waals surface area contributed by atoms with Crippen LogP contribution in [-0.4, -0.2) is 0 Å². The van der Waals surface area contributed by atoms with Crippen LogP contribution >= 0.6 is 15.9 Å². The highest BCUT2D eigenvalue weighted by Crippen LogP contribution is 2.24. The van der Waals surface area contributed by atoms with Crippen molar-refractivity contribution >= 4 is 21.6 Å². The van der Waals surface area contributed by atoms with Crippen LogP contribution in [0.5, 0.6) is 0 Å². The monoisotopic (exact) mass is 329 g/mol. The molecule has 0 unspecified atom stereocenters. The van der Waals surface area contributed by atoms with Gasteiger partial charge >= 0.3 is 0 Å². The van der Waals surface area contributed by atoms with E-state index in [-0.39, 0.29) is 6.54 Å². The number of rotatable bonds is 3. The molecule has 5 heteroatoms. The standard InChI is InChI=1S/C14H11BrF3N/c1-8-10(15)3-2-4-13(8)19-7-9-5-11(16)14(18)12(17)6-9/h2-6,19H,7H2,1H3. The van der Waals surface area contributed by atoms with Gasteiger partial charge in [0.25, 0.3) is 0 Å². The summed E-state index contributed by atoms with van der Waals surface area (Å²) in [6.45, 7) is 2.13. The van der Waals surface area contributed by atoms with Crippen LogP contribution in [0.4, 0.5) is 18.9 Å². The predicted molar refractivity (Wildman–Crippen MR) is 72.5 cm³/mol. The van der Waals surface area contributed by atoms with Gasteiger partial charge < -0.3 is 5.32 Å². The van der Waals surface area contributed by atoms with E-state index < -0.39 is 17.5 Å². The minimum absolute atomic E-state index is 0.214. The number of nitrogens with one attached hydrogen (secondary N) is 1. The van der Waals surface area contributed by atoms with Crippen LogP contribution in [0.15, 0.2) is 34.8 Å². The fourth-order valence-electron chi connectivity index (χ4n) is 1.71. The van der Waals surface area contributed by atoms with Crippen LogP contribution in [0.2, 0.25) is 0 Å². The average Bonchev–Trinajstić information content (AvgIpc) is 2.37. The second-order valence-corrected chi connectivity index (χ2v) is 4.99. The van der Waals surface area contributed by atoms with E-state index >= 15 is 0 Å². The lowest BCUT2D eigenvalue weighted by Gasteiger charge is -2.11. The highest BCUT2D eigenvalue weighted by molar-refractivity contribution is 9.10. The van der Waals surface area contributed by atoms with Crippen LogP contribution in [0.1, 0.15) is 11.1 Å². The van der Waals surface area contributed by atoms with Crippen molar-refractivity contribution in [2.24, 2.45) is 0 Å². The molecule has 100 valence electrons. The zero-order valence-electron chi connectivity index (χ0n) is 10.1. The topological polar surface area (TPSA) is 12.0 Å². The summed E-state index contributed by atoms with van der Waals surface area (Å²) in [4.78, 5) is 0. The second-order valence-electron chi connectivity index (χ2n) is 4.14. The van der Waals surface area contributed by atoms with Crippen molar-refractivity contribution in [2.45, 2.75) is 13.5 Å². The summed E-state index contributed by atoms with van der Waals surface area (Å²) in [5.41, 5.74) is 2.18. The van der Waals surface area contributed by atoms with Gasteiger partial charge in [-0.15, -0.1) is 0 Å². The third-order valence-electron chi connectivity index (χ3n) is 2.79. The first-order valence-electron chi connectivity index (χ1n) is 5.61. The van der Waals surface area contributed by atoms with E-state index in [2.05, 4.69) is 21.2 Å². The molecule has 2 rings (SSSR count). The first-order valence-corrected chi connectivity index (χ1v) is 6.40. The van der Waals surface area contributed by atoms with Crippen molar-refractivity contribution in [3.63, 3.8) is 0 Å². The van der Waals surface area contributed by atoms with Crippen LogP contribution in [-0.2, 0) is 6.54 Å². The van der Waals surface area contributed by atoms with Gasteiger partial charge in [-0.25, -0.2) is 13.2 Å². The van der Waals surface area contributed by atoms with Gasteiger partial charge in [0, 0.05) is 16.7 Å². The Labute approximate surface area is 117 Å². The summed E-state index contributed by atoms with van der Waals surface area (Å²) < 4.78 is 39.9. The van der Waals surface area contributed by atoms with Gasteiger partial charge in [-0.2, -0.15) is 0 Å². The SMILES string of the molecule is Cc1c(Br)cccc1NCc1cc(F)c(F)c(F)c1. The quantitative estimate of drug-likeness (QED) is 0.798. The smallest absolute Gasteiger partial charge is 0.194 e. The molecular formula is C14H11BrF3N. The van der Waals surface area contributed by atoms with E-state index in [0.29, 0.717) is 5.56 Å². The van der Waals surface area contributed by atoms with Crippen LogP contribution in [0, 0.1) is 24.4 Å². The van der Waals surface area contributed by atoms with Gasteiger partial charge in [-0.1, -0.05) is 22.0 Å². The van der Waals surface area contributed by atoms with Gasteiger partial charge in [0.15, 0.2) is 17.5 Å². The van der Waals surface area contributed by atoms with Gasteiger partial charge in [-0.05, 0) is 42.3 Å². The highest BCUT2D eigenvalue weighted by Gasteiger charge is 2.10. The molecule has 0 aliphatic carbocycles. The summed E-state index contributed by atoms with van der Waals surface area (Å²) in [6, 6.07) is 7.58. The molecular weight excluding hydrogens is 319 g/mol. The fraction of sp³-hybridized carbons (Fsp3) is 0.143. The van der Waals surface area contributed by atoms with E-state index in [1.807, 2.05) is 25.1 Å². The van der Waals surface area contributed by atoms with Crippen molar-refractivity contribution in [3.8, 4) is 0 Å². The molecule has 1 N–H and O–H groups in total. The normalized spacial score (nSPS) is 10.6. The van der Waals surface area contributed by atoms with Crippen molar-refractivity contribution in [2.75, 3.05) is 5.32 Å². The largest absolute Gasteiger partial charge is 0.381 e. The molecule has 0 aliphatic rings. The van der Waals surface area contributed by atoms with Gasteiger partial charge in [0.05, 0.1) is 0 Å². The Kier molecular flexibility index (Phi) is 4.14. The van der Waals surface area contributed by atoms with Gasteiger partial charge in [0.1, 0.15) is 0 Å². The molecule has 2 aromatic rings. The minimum atomic E-state index is -1.44. The number of benzene rings is 2. The molecule has 0 saturated heterocycles. The first-order chi connectivity index (χ1) is 8.99. The number of anilines is 1. The van der Waals surface area contributed by atoms with E-state index in [1.165, 1.54) is 0 Å². The molecule has 0 spiro atoms. The second kappa shape index (κ2) is 5.65. The molecule has 0 fully saturated rings. The number of halogens is 4. The Hall–Kier alpha value is -1.49. The van der Waals surface area contributed by atoms with E-state index in [4.69, 9.17) is 0 Å². The summed E-state index contributed by atoms with van der Waals surface area (Å²) in [6.07, 6.45) is 0. The summed E-state index contributed by atoms with van der Waals surface area (Å²) in [5.74, 6) is -3.80. The lowest BCUT2D eigenvalue weighted by Crippen LogP contribution is -2.03. The third-order valence-corrected chi connectivity index (χ3v) is 3.65. The zero-order valence-corrected chi connectivity index (χ0v) is 11.7. The minimum Gasteiger partial charge on any atom is -0.381 e. The number of hydrogen-bond donors (Lipinski definition) is 1. The fourth-order valence-corrected chi connectivity index (χ4v) is 2.07. The maximum Gasteiger partial charge on any atom is 0.194 e. The maximum absolute atomic E-state index is 13.1. The molecule has 0 atom stereocenters. The molecule has 0 aromatic heterocycles. The van der Waals surface area contributed by atoms with Crippen molar-refractivity contribution < 1.29 is 13.2 Å². The van der Waals surface area contributed by atoms with Gasteiger partial charge in [0.2, 0.25) is 0 Å². The summed E-state index contributed by atoms with van der Waals surface area (Å²) >= 11 is 3.40. The molecule has 1 nitrogen and oxygen atoms in total. The molecule has 19 heavy (non-hydrogen) atoms. The summed E-state index contributed by atoms with van der Waals surface area (Å²) in [7, 11) is 0. The van der Waals surface area contributed by atoms with Crippen molar-refractivity contribution in [1.82, 2.24) is 0 Å². The molecule has 0 radical (unpaired) electrons. The molecule has 0 bridgehead atoms. The predicted octanol–water partition coefficient (Wildman–Crippen LogP) is 4.79. The highest BCUT2D eigenvalue weighted by atomic mass is 79.9. The van der Waals surface area contributed by atoms with Crippen LogP contribution < -0.4 is 5.32 Å². The van der Waals surface area contributed by atoms with Crippen LogP contribution in [0.25, 0.3) is 0 Å². The van der Waals surface area contributed by atoms with E-state index in [1.54, 1.807) is 0 Å². The molecule has 0 amide bonds. The average molecular weight is 330 g/mol. The van der Waals surface area contributed by atoms with E-state index in [9.17, 15) is 13.2 Å². The van der Waals surface area contributed by atoms with Crippen molar-refractivity contribution in [3.05, 3.63) is 63.4 Å². The molecule has 0 saturated carbocycles. The Balaban J connectivity index is 2.17. The lowest BCUT2D eigenvalue weighted by atomic mass is 10.1. The van der Waals surface area contributed by atoms with Gasteiger partial charge in [-0.3, -0.25) is 0 Å². The Morgan fingerprint density at radius 3 is 2.37 bits per heavy atom. The molecule has 0 heterocycles. The molecule has 2 aromatic carbocycles. The van der Waals surface area contributed by atoms with Crippen LogP contribution in [0.3, 0.4) is 0 Å². The maximum atomic E-state index is 13.1. The summed E-state index contributed by atoms with van der Waals surface area (Å²) in [5, 5.41) is 3.06. The third kappa shape index (κ3) is 3.10. The number of hydrogen-bond acceptors (Lipinski definition) is 1. The zero-order chi connectivity index (χ0) is 14.0. The molecule has 0 aliphatic heterocycles. The lowest BCUT2D eigenvalue weighted by molar-refractivity contribution is 0.445. The van der Waals surface area contributed by atoms with Crippen molar-refractivity contribution in [1.29, 1.82) is 0 Å². The van der Waals surface area contributed by atoms with E-state index in [0.717, 1.165) is 27.9 Å².